The lowest BCUT2D eigenvalue weighted by molar-refractivity contribution is -0.134. The predicted octanol–water partition coefficient (Wildman–Crippen LogP) is 2.66. The molecule has 1 aliphatic carbocycles. The highest BCUT2D eigenvalue weighted by molar-refractivity contribution is 5.82. The summed E-state index contributed by atoms with van der Waals surface area (Å²) in [5, 5.41) is 3.45. The van der Waals surface area contributed by atoms with Crippen LogP contribution in [0, 0.1) is 22.7 Å². The van der Waals surface area contributed by atoms with E-state index in [4.69, 9.17) is 0 Å². The van der Waals surface area contributed by atoms with Gasteiger partial charge in [0.05, 0.1) is 0 Å². The molecule has 0 aromatic rings. The minimum Gasteiger partial charge on any atom is -0.339 e. The number of amides is 1. The summed E-state index contributed by atoms with van der Waals surface area (Å²) in [5.41, 5.74) is 0.710. The van der Waals surface area contributed by atoms with Crippen LogP contribution in [0.5, 0.6) is 0 Å². The van der Waals surface area contributed by atoms with Gasteiger partial charge in [0.25, 0.3) is 0 Å². The maximum atomic E-state index is 12.8. The molecule has 3 heteroatoms. The number of carbonyl (C=O) groups excluding carboxylic acids is 1. The monoisotopic (exact) mass is 278 g/mol. The first-order chi connectivity index (χ1) is 9.32. The van der Waals surface area contributed by atoms with Crippen molar-refractivity contribution in [2.45, 2.75) is 59.4 Å². The summed E-state index contributed by atoms with van der Waals surface area (Å²) in [7, 11) is 0. The van der Waals surface area contributed by atoms with Gasteiger partial charge in [-0.25, -0.2) is 0 Å². The lowest BCUT2D eigenvalue weighted by Gasteiger charge is -2.33. The number of nitrogens with zero attached hydrogens (tertiary/aromatic N) is 1. The molecule has 2 aliphatic heterocycles. The number of rotatable bonds is 1. The molecule has 0 bridgehead atoms. The first kappa shape index (κ1) is 14.4. The average Bonchev–Trinajstić information content (AvgIpc) is 3.11. The molecule has 3 atom stereocenters. The van der Waals surface area contributed by atoms with E-state index in [0.29, 0.717) is 29.2 Å². The van der Waals surface area contributed by atoms with Gasteiger partial charge in [-0.1, -0.05) is 20.8 Å². The molecule has 3 nitrogen and oxygen atoms in total. The second-order valence-electron chi connectivity index (χ2n) is 8.58. The van der Waals surface area contributed by atoms with Gasteiger partial charge < -0.3 is 10.2 Å². The van der Waals surface area contributed by atoms with E-state index in [1.165, 1.54) is 19.3 Å². The number of hydrogen-bond donors (Lipinski definition) is 1. The molecule has 3 rings (SSSR count). The third-order valence-corrected chi connectivity index (χ3v) is 5.93. The summed E-state index contributed by atoms with van der Waals surface area (Å²) in [6, 6.07) is 0.446. The summed E-state index contributed by atoms with van der Waals surface area (Å²) >= 11 is 0. The standard InChI is InChI=1S/C17H30N2O/c1-12-10-17(5-7-18-8-6-17)11-19(12)15(20)13-9-14(13)16(2,3)4/h12-14,18H,5-11H2,1-4H3/t12?,13-,14-/m1/s1. The summed E-state index contributed by atoms with van der Waals surface area (Å²) in [6.45, 7) is 12.3. The van der Waals surface area contributed by atoms with Gasteiger partial charge in [0.1, 0.15) is 0 Å². The van der Waals surface area contributed by atoms with Crippen LogP contribution >= 0.6 is 0 Å². The highest BCUT2D eigenvalue weighted by Gasteiger charge is 2.53. The van der Waals surface area contributed by atoms with Crippen molar-refractivity contribution in [1.82, 2.24) is 10.2 Å². The van der Waals surface area contributed by atoms with Crippen molar-refractivity contribution >= 4 is 5.91 Å². The van der Waals surface area contributed by atoms with Crippen molar-refractivity contribution < 1.29 is 4.79 Å². The molecule has 1 N–H and O–H groups in total. The van der Waals surface area contributed by atoms with E-state index in [-0.39, 0.29) is 5.41 Å². The Morgan fingerprint density at radius 2 is 1.90 bits per heavy atom. The summed E-state index contributed by atoms with van der Waals surface area (Å²) < 4.78 is 0. The highest BCUT2D eigenvalue weighted by atomic mass is 16.2. The number of likely N-dealkylation sites (tertiary alicyclic amines) is 1. The van der Waals surface area contributed by atoms with E-state index in [9.17, 15) is 4.79 Å². The van der Waals surface area contributed by atoms with E-state index in [1.807, 2.05) is 0 Å². The minimum absolute atomic E-state index is 0.287. The molecule has 0 aromatic heterocycles. The zero-order valence-electron chi connectivity index (χ0n) is 13.5. The van der Waals surface area contributed by atoms with Crippen LogP contribution in [0.4, 0.5) is 0 Å². The minimum atomic E-state index is 0.287. The molecule has 0 aromatic carbocycles. The van der Waals surface area contributed by atoms with E-state index >= 15 is 0 Å². The third kappa shape index (κ3) is 2.49. The van der Waals surface area contributed by atoms with E-state index < -0.39 is 0 Å². The molecule has 1 spiro atoms. The zero-order valence-corrected chi connectivity index (χ0v) is 13.5. The molecule has 3 aliphatic rings. The molecular formula is C17H30N2O. The quantitative estimate of drug-likeness (QED) is 0.800. The fourth-order valence-electron chi connectivity index (χ4n) is 4.57. The van der Waals surface area contributed by atoms with Crippen LogP contribution in [-0.2, 0) is 4.79 Å². The number of hydrogen-bond acceptors (Lipinski definition) is 2. The van der Waals surface area contributed by atoms with E-state index in [0.717, 1.165) is 26.1 Å². The Hall–Kier alpha value is -0.570. The van der Waals surface area contributed by atoms with Crippen LogP contribution in [0.15, 0.2) is 0 Å². The van der Waals surface area contributed by atoms with Gasteiger partial charge in [0.15, 0.2) is 0 Å². The van der Waals surface area contributed by atoms with Crippen molar-refractivity contribution in [3.8, 4) is 0 Å². The van der Waals surface area contributed by atoms with Crippen molar-refractivity contribution in [3.63, 3.8) is 0 Å². The van der Waals surface area contributed by atoms with Crippen molar-refractivity contribution in [2.75, 3.05) is 19.6 Å². The van der Waals surface area contributed by atoms with Crippen LogP contribution in [0.2, 0.25) is 0 Å². The second-order valence-corrected chi connectivity index (χ2v) is 8.58. The third-order valence-electron chi connectivity index (χ3n) is 5.93. The summed E-state index contributed by atoms with van der Waals surface area (Å²) in [6.07, 6.45) is 4.82. The van der Waals surface area contributed by atoms with Gasteiger partial charge in [-0.15, -0.1) is 0 Å². The number of nitrogens with one attached hydrogen (secondary N) is 1. The molecule has 2 saturated heterocycles. The Bertz CT molecular complexity index is 392. The highest BCUT2D eigenvalue weighted by Crippen LogP contribution is 2.53. The Labute approximate surface area is 123 Å². The molecule has 1 amide bonds. The lowest BCUT2D eigenvalue weighted by Crippen LogP contribution is -2.41. The molecule has 2 heterocycles. The predicted molar refractivity (Wildman–Crippen MR) is 81.4 cm³/mol. The van der Waals surface area contributed by atoms with Crippen LogP contribution < -0.4 is 5.32 Å². The van der Waals surface area contributed by atoms with Gasteiger partial charge >= 0.3 is 0 Å². The van der Waals surface area contributed by atoms with Crippen LogP contribution in [0.1, 0.15) is 53.4 Å². The van der Waals surface area contributed by atoms with Crippen LogP contribution in [0.25, 0.3) is 0 Å². The number of carbonyl (C=O) groups is 1. The van der Waals surface area contributed by atoms with Crippen molar-refractivity contribution in [3.05, 3.63) is 0 Å². The van der Waals surface area contributed by atoms with E-state index in [1.54, 1.807) is 0 Å². The molecule has 1 saturated carbocycles. The fourth-order valence-corrected chi connectivity index (χ4v) is 4.57. The fraction of sp³-hybridized carbons (Fsp3) is 0.941. The van der Waals surface area contributed by atoms with Gasteiger partial charge in [-0.2, -0.15) is 0 Å². The second kappa shape index (κ2) is 4.72. The Morgan fingerprint density at radius 3 is 2.45 bits per heavy atom. The Morgan fingerprint density at radius 1 is 1.25 bits per heavy atom. The molecule has 20 heavy (non-hydrogen) atoms. The zero-order chi connectivity index (χ0) is 14.5. The molecule has 0 radical (unpaired) electrons. The van der Waals surface area contributed by atoms with Crippen LogP contribution in [0.3, 0.4) is 0 Å². The number of piperidine rings is 1. The first-order valence-corrected chi connectivity index (χ1v) is 8.34. The van der Waals surface area contributed by atoms with Gasteiger partial charge in [0.2, 0.25) is 5.91 Å². The lowest BCUT2D eigenvalue weighted by atomic mass is 9.77. The smallest absolute Gasteiger partial charge is 0.226 e. The van der Waals surface area contributed by atoms with Gasteiger partial charge in [0, 0.05) is 18.5 Å². The van der Waals surface area contributed by atoms with Crippen molar-refractivity contribution in [2.24, 2.45) is 22.7 Å². The molecule has 1 unspecified atom stereocenters. The molecular weight excluding hydrogens is 248 g/mol. The Balaban J connectivity index is 1.65. The largest absolute Gasteiger partial charge is 0.339 e. The maximum Gasteiger partial charge on any atom is 0.226 e. The topological polar surface area (TPSA) is 32.3 Å². The summed E-state index contributed by atoms with van der Waals surface area (Å²) in [4.78, 5) is 15.0. The Kier molecular flexibility index (Phi) is 3.39. The average molecular weight is 278 g/mol. The molecule has 114 valence electrons. The normalized spacial score (nSPS) is 36.4. The SMILES string of the molecule is CC1CC2(CCNCC2)CN1C(=O)[C@@H]1C[C@H]1C(C)(C)C. The first-order valence-electron chi connectivity index (χ1n) is 8.34. The molecule has 3 fully saturated rings. The van der Waals surface area contributed by atoms with Crippen LogP contribution in [-0.4, -0.2) is 36.5 Å². The summed E-state index contributed by atoms with van der Waals surface area (Å²) in [5.74, 6) is 1.37. The van der Waals surface area contributed by atoms with Gasteiger partial charge in [-0.3, -0.25) is 4.79 Å². The van der Waals surface area contributed by atoms with E-state index in [2.05, 4.69) is 37.9 Å². The maximum absolute atomic E-state index is 12.8. The van der Waals surface area contributed by atoms with Crippen molar-refractivity contribution in [1.29, 1.82) is 0 Å². The van der Waals surface area contributed by atoms with Gasteiger partial charge in [-0.05, 0) is 62.4 Å².